The van der Waals surface area contributed by atoms with E-state index in [1.807, 2.05) is 6.07 Å². The van der Waals surface area contributed by atoms with Crippen molar-refractivity contribution >= 4 is 16.0 Å². The van der Waals surface area contributed by atoms with Gasteiger partial charge in [-0.15, -0.1) is 0 Å². The zero-order valence-electron chi connectivity index (χ0n) is 16.3. The van der Waals surface area contributed by atoms with E-state index in [1.54, 1.807) is 24.3 Å². The molecule has 2 aromatic rings. The third-order valence-corrected chi connectivity index (χ3v) is 6.35. The molecule has 0 atom stereocenters. The van der Waals surface area contributed by atoms with E-state index in [9.17, 15) is 12.8 Å². The van der Waals surface area contributed by atoms with Crippen molar-refractivity contribution in [2.75, 3.05) is 0 Å². The maximum atomic E-state index is 13.3. The molecule has 1 fully saturated rings. The van der Waals surface area contributed by atoms with Crippen molar-refractivity contribution in [1.82, 2.24) is 10.0 Å². The number of nitrogens with zero attached hydrogens (tertiary/aromatic N) is 1. The van der Waals surface area contributed by atoms with Gasteiger partial charge in [0.15, 0.2) is 5.96 Å². The van der Waals surface area contributed by atoms with Crippen molar-refractivity contribution in [3.63, 3.8) is 0 Å². The summed E-state index contributed by atoms with van der Waals surface area (Å²) in [6.45, 7) is 0.305. The van der Waals surface area contributed by atoms with Crippen LogP contribution in [-0.4, -0.2) is 20.4 Å². The Morgan fingerprint density at radius 1 is 1.07 bits per heavy atom. The van der Waals surface area contributed by atoms with Gasteiger partial charge in [0.25, 0.3) is 0 Å². The minimum absolute atomic E-state index is 0.0146. The Hall–Kier alpha value is -2.45. The monoisotopic (exact) mass is 418 g/mol. The van der Waals surface area contributed by atoms with E-state index in [1.165, 1.54) is 37.5 Å². The highest BCUT2D eigenvalue weighted by Crippen LogP contribution is 2.17. The summed E-state index contributed by atoms with van der Waals surface area (Å²) in [5.74, 6) is -0.0182. The molecule has 1 saturated carbocycles. The van der Waals surface area contributed by atoms with Gasteiger partial charge in [0.2, 0.25) is 10.0 Å². The number of hydrogen-bond donors (Lipinski definition) is 3. The smallest absolute Gasteiger partial charge is 0.240 e. The van der Waals surface area contributed by atoms with Gasteiger partial charge < -0.3 is 11.1 Å². The fourth-order valence-electron chi connectivity index (χ4n) is 3.40. The lowest BCUT2D eigenvalue weighted by molar-refractivity contribution is 0.412. The molecule has 1 aliphatic carbocycles. The van der Waals surface area contributed by atoms with Crippen LogP contribution in [0.25, 0.3) is 0 Å². The first-order valence-electron chi connectivity index (χ1n) is 9.82. The quantitative estimate of drug-likeness (QED) is 0.476. The fraction of sp³-hybridized carbons (Fsp3) is 0.381. The van der Waals surface area contributed by atoms with Crippen LogP contribution in [0.2, 0.25) is 0 Å². The molecule has 0 spiro atoms. The molecule has 0 radical (unpaired) electrons. The SMILES string of the molecule is NC(=NCc1cccc(S(=O)(=O)NCc2cccc(F)c2)c1)NC1CCCCC1. The van der Waals surface area contributed by atoms with Crippen molar-refractivity contribution in [2.45, 2.75) is 56.1 Å². The second-order valence-corrected chi connectivity index (χ2v) is 9.05. The van der Waals surface area contributed by atoms with Gasteiger partial charge in [0.1, 0.15) is 5.82 Å². The molecule has 6 nitrogen and oxygen atoms in total. The van der Waals surface area contributed by atoms with Crippen LogP contribution in [-0.2, 0) is 23.1 Å². The first-order valence-corrected chi connectivity index (χ1v) is 11.3. The Morgan fingerprint density at radius 2 is 1.79 bits per heavy atom. The molecular weight excluding hydrogens is 391 g/mol. The van der Waals surface area contributed by atoms with Crippen LogP contribution in [0.4, 0.5) is 4.39 Å². The number of rotatable bonds is 7. The third-order valence-electron chi connectivity index (χ3n) is 4.95. The minimum atomic E-state index is -3.72. The van der Waals surface area contributed by atoms with Crippen LogP contribution in [0.3, 0.4) is 0 Å². The molecule has 1 aliphatic rings. The van der Waals surface area contributed by atoms with Gasteiger partial charge in [-0.25, -0.2) is 22.5 Å². The molecule has 0 aromatic heterocycles. The maximum Gasteiger partial charge on any atom is 0.240 e. The van der Waals surface area contributed by atoms with Gasteiger partial charge in [-0.2, -0.15) is 0 Å². The number of nitrogens with two attached hydrogens (primary N) is 1. The fourth-order valence-corrected chi connectivity index (χ4v) is 4.49. The summed E-state index contributed by atoms with van der Waals surface area (Å²) in [7, 11) is -3.72. The second kappa shape index (κ2) is 9.84. The Bertz CT molecular complexity index is 957. The number of halogens is 1. The summed E-state index contributed by atoms with van der Waals surface area (Å²) in [4.78, 5) is 4.48. The largest absolute Gasteiger partial charge is 0.370 e. The van der Waals surface area contributed by atoms with Gasteiger partial charge in [-0.05, 0) is 48.2 Å². The lowest BCUT2D eigenvalue weighted by atomic mass is 9.96. The van der Waals surface area contributed by atoms with Crippen molar-refractivity contribution in [2.24, 2.45) is 10.7 Å². The minimum Gasteiger partial charge on any atom is -0.370 e. The Labute approximate surface area is 171 Å². The zero-order chi connectivity index (χ0) is 20.7. The topological polar surface area (TPSA) is 96.6 Å². The van der Waals surface area contributed by atoms with E-state index in [-0.39, 0.29) is 11.4 Å². The molecule has 0 saturated heterocycles. The number of hydrogen-bond acceptors (Lipinski definition) is 3. The molecule has 0 heterocycles. The van der Waals surface area contributed by atoms with E-state index < -0.39 is 15.8 Å². The normalized spacial score (nSPS) is 16.0. The standard InChI is InChI=1S/C21H27FN4O2S/c22-18-8-4-6-16(12-18)15-25-29(27,28)20-11-5-7-17(13-20)14-24-21(23)26-19-9-2-1-3-10-19/h4-8,11-13,19,25H,1-3,9-10,14-15H2,(H3,23,24,26). The van der Waals surface area contributed by atoms with Crippen molar-refractivity contribution in [1.29, 1.82) is 0 Å². The number of sulfonamides is 1. The summed E-state index contributed by atoms with van der Waals surface area (Å²) < 4.78 is 40.9. The van der Waals surface area contributed by atoms with Crippen molar-refractivity contribution < 1.29 is 12.8 Å². The predicted octanol–water partition coefficient (Wildman–Crippen LogP) is 3.04. The van der Waals surface area contributed by atoms with Gasteiger partial charge >= 0.3 is 0 Å². The molecule has 0 bridgehead atoms. The summed E-state index contributed by atoms with van der Waals surface area (Å²) in [6, 6.07) is 12.8. The Kier molecular flexibility index (Phi) is 7.22. The zero-order valence-corrected chi connectivity index (χ0v) is 17.1. The van der Waals surface area contributed by atoms with Crippen LogP contribution < -0.4 is 15.8 Å². The highest BCUT2D eigenvalue weighted by atomic mass is 32.2. The molecule has 0 unspecified atom stereocenters. The second-order valence-electron chi connectivity index (χ2n) is 7.28. The molecule has 0 amide bonds. The van der Waals surface area contributed by atoms with E-state index in [0.29, 0.717) is 24.1 Å². The summed E-state index contributed by atoms with van der Waals surface area (Å²) in [5.41, 5.74) is 7.27. The van der Waals surface area contributed by atoms with Gasteiger partial charge in [0.05, 0.1) is 11.4 Å². The summed E-state index contributed by atoms with van der Waals surface area (Å²) in [5, 5.41) is 3.24. The highest BCUT2D eigenvalue weighted by Gasteiger charge is 2.15. The lowest BCUT2D eigenvalue weighted by Gasteiger charge is -2.23. The van der Waals surface area contributed by atoms with E-state index >= 15 is 0 Å². The molecule has 3 rings (SSSR count). The molecule has 29 heavy (non-hydrogen) atoms. The van der Waals surface area contributed by atoms with Gasteiger partial charge in [-0.1, -0.05) is 43.5 Å². The summed E-state index contributed by atoms with van der Waals surface area (Å²) in [6.07, 6.45) is 5.87. The van der Waals surface area contributed by atoms with Crippen LogP contribution in [0.15, 0.2) is 58.4 Å². The highest BCUT2D eigenvalue weighted by molar-refractivity contribution is 7.89. The van der Waals surface area contributed by atoms with E-state index in [0.717, 1.165) is 18.4 Å². The third kappa shape index (κ3) is 6.54. The van der Waals surface area contributed by atoms with Gasteiger partial charge in [0, 0.05) is 12.6 Å². The average molecular weight is 419 g/mol. The molecule has 4 N–H and O–H groups in total. The number of guanidine groups is 1. The number of nitrogens with one attached hydrogen (secondary N) is 2. The average Bonchev–Trinajstić information content (AvgIpc) is 2.72. The molecule has 0 aliphatic heterocycles. The first kappa shape index (κ1) is 21.3. The molecule has 156 valence electrons. The predicted molar refractivity (Wildman–Crippen MR) is 112 cm³/mol. The number of benzene rings is 2. The molecular formula is C21H27FN4O2S. The van der Waals surface area contributed by atoms with E-state index in [4.69, 9.17) is 5.73 Å². The number of aliphatic imine (C=N–C) groups is 1. The summed E-state index contributed by atoms with van der Waals surface area (Å²) >= 11 is 0. The van der Waals surface area contributed by atoms with Gasteiger partial charge in [-0.3, -0.25) is 0 Å². The van der Waals surface area contributed by atoms with Crippen LogP contribution in [0.1, 0.15) is 43.2 Å². The first-order chi connectivity index (χ1) is 13.9. The van der Waals surface area contributed by atoms with E-state index in [2.05, 4.69) is 15.0 Å². The Balaban J connectivity index is 1.60. The molecule has 2 aromatic carbocycles. The lowest BCUT2D eigenvalue weighted by Crippen LogP contribution is -2.41. The maximum absolute atomic E-state index is 13.3. The van der Waals surface area contributed by atoms with Crippen LogP contribution in [0.5, 0.6) is 0 Å². The van der Waals surface area contributed by atoms with Crippen molar-refractivity contribution in [3.8, 4) is 0 Å². The van der Waals surface area contributed by atoms with Crippen molar-refractivity contribution in [3.05, 3.63) is 65.5 Å². The van der Waals surface area contributed by atoms with Crippen LogP contribution >= 0.6 is 0 Å². The Morgan fingerprint density at radius 3 is 2.55 bits per heavy atom. The molecule has 8 heteroatoms. The van der Waals surface area contributed by atoms with Crippen LogP contribution in [0, 0.1) is 5.82 Å².